The van der Waals surface area contributed by atoms with Crippen molar-refractivity contribution in [1.29, 1.82) is 0 Å². The summed E-state index contributed by atoms with van der Waals surface area (Å²) >= 11 is 0. The highest BCUT2D eigenvalue weighted by molar-refractivity contribution is 7.89. The Morgan fingerprint density at radius 3 is 2.73 bits per heavy atom. The third kappa shape index (κ3) is 4.17. The molecule has 1 N–H and O–H groups in total. The second-order valence-corrected chi connectivity index (χ2v) is 10.1. The average molecular weight is 431 g/mol. The summed E-state index contributed by atoms with van der Waals surface area (Å²) in [6.07, 6.45) is 1.54. The maximum atomic E-state index is 12.7. The number of likely N-dealkylation sites (tertiary alicyclic amines) is 1. The fraction of sp³-hybridized carbons (Fsp3) is 0.476. The van der Waals surface area contributed by atoms with E-state index in [0.29, 0.717) is 49.6 Å². The molecule has 2 aliphatic rings. The third-order valence-electron chi connectivity index (χ3n) is 5.94. The van der Waals surface area contributed by atoms with Crippen LogP contribution in [0.15, 0.2) is 35.1 Å². The Hall–Kier alpha value is -2.52. The first-order chi connectivity index (χ1) is 14.4. The van der Waals surface area contributed by atoms with Gasteiger partial charge >= 0.3 is 0 Å². The van der Waals surface area contributed by atoms with Gasteiger partial charge in [-0.05, 0) is 18.9 Å². The van der Waals surface area contributed by atoms with Gasteiger partial charge in [-0.2, -0.15) is 4.31 Å². The lowest BCUT2D eigenvalue weighted by Gasteiger charge is -2.27. The fourth-order valence-electron chi connectivity index (χ4n) is 4.13. The van der Waals surface area contributed by atoms with Gasteiger partial charge in [-0.15, -0.1) is 0 Å². The van der Waals surface area contributed by atoms with E-state index in [9.17, 15) is 18.0 Å². The van der Waals surface area contributed by atoms with Crippen molar-refractivity contribution in [3.8, 4) is 0 Å². The summed E-state index contributed by atoms with van der Waals surface area (Å²) in [7, 11) is -3.34. The highest BCUT2D eigenvalue weighted by Gasteiger charge is 2.32. The van der Waals surface area contributed by atoms with Crippen molar-refractivity contribution in [3.05, 3.63) is 63.3 Å². The molecule has 9 heteroatoms. The number of H-pyrrole nitrogens is 1. The zero-order valence-electron chi connectivity index (χ0n) is 17.0. The molecule has 4 rings (SSSR count). The first kappa shape index (κ1) is 20.7. The molecule has 1 unspecified atom stereocenters. The summed E-state index contributed by atoms with van der Waals surface area (Å²) in [5.41, 5.74) is 1.81. The van der Waals surface area contributed by atoms with E-state index in [1.165, 1.54) is 4.31 Å². The molecule has 0 saturated carbocycles. The minimum absolute atomic E-state index is 0.0138. The predicted octanol–water partition coefficient (Wildman–Crippen LogP) is 1.04. The SMILES string of the molecule is CCS(=O)(=O)N1CCc2nc(C3CCN(C(=O)Cc4ccccc4)C3)[nH]c(=O)c2C1. The van der Waals surface area contributed by atoms with E-state index in [2.05, 4.69) is 9.97 Å². The van der Waals surface area contributed by atoms with Crippen LogP contribution in [0.1, 0.15) is 41.9 Å². The Balaban J connectivity index is 1.47. The van der Waals surface area contributed by atoms with Crippen LogP contribution in [-0.4, -0.2) is 58.9 Å². The second kappa shape index (κ2) is 8.31. The molecule has 2 aromatic rings. The van der Waals surface area contributed by atoms with E-state index in [0.717, 1.165) is 12.0 Å². The first-order valence-electron chi connectivity index (χ1n) is 10.3. The molecule has 160 valence electrons. The molecule has 0 aliphatic carbocycles. The van der Waals surface area contributed by atoms with Gasteiger partial charge in [0, 0.05) is 38.5 Å². The van der Waals surface area contributed by atoms with Crippen molar-refractivity contribution in [2.45, 2.75) is 38.6 Å². The molecule has 1 aromatic carbocycles. The molecule has 0 radical (unpaired) electrons. The molecule has 1 fully saturated rings. The van der Waals surface area contributed by atoms with Crippen molar-refractivity contribution in [3.63, 3.8) is 0 Å². The molecule has 2 aliphatic heterocycles. The number of benzene rings is 1. The lowest BCUT2D eigenvalue weighted by atomic mass is 10.1. The Morgan fingerprint density at radius 1 is 1.23 bits per heavy atom. The van der Waals surface area contributed by atoms with Crippen LogP contribution in [0.25, 0.3) is 0 Å². The van der Waals surface area contributed by atoms with Crippen molar-refractivity contribution in [2.75, 3.05) is 25.4 Å². The fourth-order valence-corrected chi connectivity index (χ4v) is 5.19. The molecule has 30 heavy (non-hydrogen) atoms. The molecule has 8 nitrogen and oxygen atoms in total. The number of hydrogen-bond acceptors (Lipinski definition) is 5. The Kier molecular flexibility index (Phi) is 5.75. The van der Waals surface area contributed by atoms with E-state index in [4.69, 9.17) is 0 Å². The molecular weight excluding hydrogens is 404 g/mol. The minimum Gasteiger partial charge on any atom is -0.342 e. The lowest BCUT2D eigenvalue weighted by molar-refractivity contribution is -0.129. The number of amides is 1. The van der Waals surface area contributed by atoms with Gasteiger partial charge in [0.25, 0.3) is 5.56 Å². The monoisotopic (exact) mass is 430 g/mol. The van der Waals surface area contributed by atoms with Gasteiger partial charge in [-0.3, -0.25) is 9.59 Å². The highest BCUT2D eigenvalue weighted by atomic mass is 32.2. The molecule has 0 spiro atoms. The van der Waals surface area contributed by atoms with E-state index in [-0.39, 0.29) is 29.7 Å². The molecule has 3 heterocycles. The number of hydrogen-bond donors (Lipinski definition) is 1. The topological polar surface area (TPSA) is 103 Å². The van der Waals surface area contributed by atoms with Gasteiger partial charge < -0.3 is 9.88 Å². The Bertz CT molecular complexity index is 1100. The molecule has 1 aromatic heterocycles. The number of aromatic amines is 1. The van der Waals surface area contributed by atoms with E-state index < -0.39 is 10.0 Å². The molecule has 1 amide bonds. The van der Waals surface area contributed by atoms with Crippen LogP contribution in [0, 0.1) is 0 Å². The van der Waals surface area contributed by atoms with E-state index in [1.54, 1.807) is 6.92 Å². The maximum absolute atomic E-state index is 12.7. The van der Waals surface area contributed by atoms with E-state index in [1.807, 2.05) is 35.2 Å². The van der Waals surface area contributed by atoms with Crippen LogP contribution in [0.5, 0.6) is 0 Å². The number of sulfonamides is 1. The zero-order chi connectivity index (χ0) is 21.3. The maximum Gasteiger partial charge on any atom is 0.255 e. The normalized spacial score (nSPS) is 19.6. The molecule has 1 atom stereocenters. The highest BCUT2D eigenvalue weighted by Crippen LogP contribution is 2.26. The summed E-state index contributed by atoms with van der Waals surface area (Å²) < 4.78 is 25.6. The lowest BCUT2D eigenvalue weighted by Crippen LogP contribution is -2.40. The van der Waals surface area contributed by atoms with Gasteiger partial charge in [-0.1, -0.05) is 30.3 Å². The van der Waals surface area contributed by atoms with Crippen LogP contribution in [-0.2, 0) is 34.2 Å². The van der Waals surface area contributed by atoms with Gasteiger partial charge in [-0.25, -0.2) is 13.4 Å². The largest absolute Gasteiger partial charge is 0.342 e. The van der Waals surface area contributed by atoms with Crippen LogP contribution in [0.3, 0.4) is 0 Å². The standard InChI is InChI=1S/C21H26N4O4S/c1-2-30(28,29)25-11-9-18-17(14-25)21(27)23-20(22-18)16-8-10-24(13-16)19(26)12-15-6-4-3-5-7-15/h3-7,16H,2,8-14H2,1H3,(H,22,23,27). The third-order valence-corrected chi connectivity index (χ3v) is 7.76. The number of rotatable bonds is 5. The average Bonchev–Trinajstić information content (AvgIpc) is 3.25. The number of fused-ring (bicyclic) bond motifs is 1. The van der Waals surface area contributed by atoms with Gasteiger partial charge in [0.2, 0.25) is 15.9 Å². The summed E-state index contributed by atoms with van der Waals surface area (Å²) in [4.78, 5) is 34.6. The van der Waals surface area contributed by atoms with Crippen LogP contribution in [0.2, 0.25) is 0 Å². The minimum atomic E-state index is -3.34. The van der Waals surface area contributed by atoms with Crippen molar-refractivity contribution < 1.29 is 13.2 Å². The quantitative estimate of drug-likeness (QED) is 0.763. The summed E-state index contributed by atoms with van der Waals surface area (Å²) in [6.45, 7) is 3.18. The van der Waals surface area contributed by atoms with Gasteiger partial charge in [0.15, 0.2) is 0 Å². The smallest absolute Gasteiger partial charge is 0.255 e. The molecule has 0 bridgehead atoms. The van der Waals surface area contributed by atoms with Crippen molar-refractivity contribution >= 4 is 15.9 Å². The van der Waals surface area contributed by atoms with Gasteiger partial charge in [0.05, 0.1) is 23.4 Å². The number of carbonyl (C=O) groups is 1. The summed E-state index contributed by atoms with van der Waals surface area (Å²) in [6, 6.07) is 9.65. The Morgan fingerprint density at radius 2 is 2.00 bits per heavy atom. The van der Waals surface area contributed by atoms with Crippen LogP contribution in [0.4, 0.5) is 0 Å². The van der Waals surface area contributed by atoms with Crippen molar-refractivity contribution in [1.82, 2.24) is 19.2 Å². The Labute approximate surface area is 176 Å². The van der Waals surface area contributed by atoms with Crippen LogP contribution < -0.4 is 5.56 Å². The number of aromatic nitrogens is 2. The number of nitrogens with one attached hydrogen (secondary N) is 1. The van der Waals surface area contributed by atoms with E-state index >= 15 is 0 Å². The first-order valence-corrected chi connectivity index (χ1v) is 11.9. The van der Waals surface area contributed by atoms with Crippen LogP contribution >= 0.6 is 0 Å². The molecular formula is C21H26N4O4S. The number of carbonyl (C=O) groups excluding carboxylic acids is 1. The summed E-state index contributed by atoms with van der Waals surface area (Å²) in [5.74, 6) is 0.672. The zero-order valence-corrected chi connectivity index (χ0v) is 17.8. The molecule has 1 saturated heterocycles. The van der Waals surface area contributed by atoms with Crippen molar-refractivity contribution in [2.24, 2.45) is 0 Å². The predicted molar refractivity (Wildman–Crippen MR) is 113 cm³/mol. The summed E-state index contributed by atoms with van der Waals surface area (Å²) in [5, 5.41) is 0. The number of nitrogens with zero attached hydrogens (tertiary/aromatic N) is 3. The van der Waals surface area contributed by atoms with Gasteiger partial charge in [0.1, 0.15) is 5.82 Å². The second-order valence-electron chi connectivity index (χ2n) is 7.85.